The van der Waals surface area contributed by atoms with Crippen molar-refractivity contribution in [2.24, 2.45) is 11.3 Å². The minimum Gasteiger partial charge on any atom is -0.381 e. The van der Waals surface area contributed by atoms with Crippen LogP contribution >= 0.6 is 0 Å². The summed E-state index contributed by atoms with van der Waals surface area (Å²) in [7, 11) is 2.24. The molecule has 0 aromatic rings. The highest BCUT2D eigenvalue weighted by Gasteiger charge is 2.48. The van der Waals surface area contributed by atoms with Crippen LogP contribution < -0.4 is 0 Å². The Morgan fingerprint density at radius 3 is 2.77 bits per heavy atom. The molecule has 1 saturated carbocycles. The Labute approximate surface area is 81.3 Å². The molecule has 1 atom stereocenters. The Morgan fingerprint density at radius 2 is 2.23 bits per heavy atom. The second-order valence-electron chi connectivity index (χ2n) is 4.77. The van der Waals surface area contributed by atoms with Crippen LogP contribution in [0.3, 0.4) is 0 Å². The molecule has 13 heavy (non-hydrogen) atoms. The molecule has 0 radical (unpaired) electrons. The fourth-order valence-electron chi connectivity index (χ4n) is 2.99. The van der Waals surface area contributed by atoms with Crippen LogP contribution in [0.25, 0.3) is 0 Å². The Hall–Kier alpha value is -0.0800. The lowest BCUT2D eigenvalue weighted by Crippen LogP contribution is -2.39. The van der Waals surface area contributed by atoms with Crippen molar-refractivity contribution in [3.05, 3.63) is 0 Å². The van der Waals surface area contributed by atoms with E-state index in [0.717, 1.165) is 19.1 Å². The van der Waals surface area contributed by atoms with E-state index in [1.165, 1.54) is 32.4 Å². The molecule has 0 aromatic carbocycles. The van der Waals surface area contributed by atoms with Gasteiger partial charge in [0.1, 0.15) is 0 Å². The first-order chi connectivity index (χ1) is 6.27. The highest BCUT2D eigenvalue weighted by atomic mass is 16.5. The Bertz CT molecular complexity index is 177. The first-order valence-corrected chi connectivity index (χ1v) is 5.53. The zero-order chi connectivity index (χ0) is 9.31. The van der Waals surface area contributed by atoms with E-state index in [2.05, 4.69) is 18.9 Å². The second-order valence-corrected chi connectivity index (χ2v) is 4.77. The lowest BCUT2D eigenvalue weighted by Gasteiger charge is -2.42. The molecule has 1 spiro atoms. The van der Waals surface area contributed by atoms with Crippen molar-refractivity contribution in [1.29, 1.82) is 0 Å². The van der Waals surface area contributed by atoms with Crippen LogP contribution in [0.2, 0.25) is 0 Å². The van der Waals surface area contributed by atoms with Gasteiger partial charge in [0.2, 0.25) is 0 Å². The largest absolute Gasteiger partial charge is 0.381 e. The minimum atomic E-state index is 0.657. The van der Waals surface area contributed by atoms with Crippen molar-refractivity contribution in [1.82, 2.24) is 4.90 Å². The van der Waals surface area contributed by atoms with E-state index in [4.69, 9.17) is 4.74 Å². The molecule has 1 heterocycles. The lowest BCUT2D eigenvalue weighted by atomic mass is 9.63. The molecular formula is C11H21NO. The van der Waals surface area contributed by atoms with E-state index in [1.807, 2.05) is 0 Å². The fourth-order valence-corrected chi connectivity index (χ4v) is 2.99. The van der Waals surface area contributed by atoms with Gasteiger partial charge in [-0.2, -0.15) is 0 Å². The molecular weight excluding hydrogens is 162 g/mol. The Morgan fingerprint density at radius 1 is 1.46 bits per heavy atom. The van der Waals surface area contributed by atoms with Crippen LogP contribution in [0.15, 0.2) is 0 Å². The molecule has 2 aliphatic rings. The van der Waals surface area contributed by atoms with Gasteiger partial charge in [0.25, 0.3) is 0 Å². The standard InChI is InChI=1S/C11H21NO/c1-3-13-8-10-7-12(2)9-11(10)5-4-6-11/h10H,3-9H2,1-2H3. The molecule has 1 saturated heterocycles. The van der Waals surface area contributed by atoms with Gasteiger partial charge in [-0.3, -0.25) is 0 Å². The molecule has 0 amide bonds. The van der Waals surface area contributed by atoms with Crippen molar-refractivity contribution in [2.45, 2.75) is 26.2 Å². The Kier molecular flexibility index (Phi) is 2.61. The normalized spacial score (nSPS) is 32.3. The topological polar surface area (TPSA) is 12.5 Å². The molecule has 2 nitrogen and oxygen atoms in total. The van der Waals surface area contributed by atoms with Gasteiger partial charge in [0, 0.05) is 25.6 Å². The molecule has 2 heteroatoms. The van der Waals surface area contributed by atoms with Gasteiger partial charge in [-0.25, -0.2) is 0 Å². The average molecular weight is 183 g/mol. The zero-order valence-corrected chi connectivity index (χ0v) is 8.88. The minimum absolute atomic E-state index is 0.657. The van der Waals surface area contributed by atoms with Crippen LogP contribution in [0, 0.1) is 11.3 Å². The maximum Gasteiger partial charge on any atom is 0.0512 e. The monoisotopic (exact) mass is 183 g/mol. The number of nitrogens with zero attached hydrogens (tertiary/aromatic N) is 1. The average Bonchev–Trinajstić information content (AvgIpc) is 2.38. The first kappa shape index (κ1) is 9.47. The number of hydrogen-bond donors (Lipinski definition) is 0. The van der Waals surface area contributed by atoms with E-state index in [-0.39, 0.29) is 0 Å². The van der Waals surface area contributed by atoms with Crippen molar-refractivity contribution in [2.75, 3.05) is 33.4 Å². The smallest absolute Gasteiger partial charge is 0.0512 e. The molecule has 2 fully saturated rings. The number of likely N-dealkylation sites (tertiary alicyclic amines) is 1. The molecule has 0 N–H and O–H groups in total. The number of ether oxygens (including phenoxy) is 1. The highest BCUT2D eigenvalue weighted by Crippen LogP contribution is 2.51. The summed E-state index contributed by atoms with van der Waals surface area (Å²) in [6.45, 7) is 6.51. The summed E-state index contributed by atoms with van der Waals surface area (Å²) < 4.78 is 5.57. The predicted octanol–water partition coefficient (Wildman–Crippen LogP) is 1.75. The van der Waals surface area contributed by atoms with Gasteiger partial charge >= 0.3 is 0 Å². The summed E-state index contributed by atoms with van der Waals surface area (Å²) in [4.78, 5) is 2.48. The maximum atomic E-state index is 5.57. The van der Waals surface area contributed by atoms with Crippen molar-refractivity contribution >= 4 is 0 Å². The lowest BCUT2D eigenvalue weighted by molar-refractivity contribution is 0.0225. The van der Waals surface area contributed by atoms with Gasteiger partial charge in [-0.05, 0) is 32.2 Å². The second kappa shape index (κ2) is 3.58. The van der Waals surface area contributed by atoms with E-state index in [1.54, 1.807) is 0 Å². The van der Waals surface area contributed by atoms with Crippen LogP contribution in [0.1, 0.15) is 26.2 Å². The van der Waals surface area contributed by atoms with Crippen molar-refractivity contribution in [3.63, 3.8) is 0 Å². The summed E-state index contributed by atoms with van der Waals surface area (Å²) in [6, 6.07) is 0. The van der Waals surface area contributed by atoms with Gasteiger partial charge in [-0.1, -0.05) is 6.42 Å². The maximum absolute atomic E-state index is 5.57. The van der Waals surface area contributed by atoms with E-state index in [0.29, 0.717) is 5.41 Å². The summed E-state index contributed by atoms with van der Waals surface area (Å²) in [6.07, 6.45) is 4.32. The fraction of sp³-hybridized carbons (Fsp3) is 1.00. The van der Waals surface area contributed by atoms with Crippen LogP contribution in [0.5, 0.6) is 0 Å². The van der Waals surface area contributed by atoms with Crippen LogP contribution in [-0.2, 0) is 4.74 Å². The number of hydrogen-bond acceptors (Lipinski definition) is 2. The predicted molar refractivity (Wildman–Crippen MR) is 53.8 cm³/mol. The van der Waals surface area contributed by atoms with Gasteiger partial charge < -0.3 is 9.64 Å². The van der Waals surface area contributed by atoms with E-state index >= 15 is 0 Å². The first-order valence-electron chi connectivity index (χ1n) is 5.53. The molecule has 0 bridgehead atoms. The SMILES string of the molecule is CCOCC1CN(C)CC12CCC2. The third-order valence-electron chi connectivity index (χ3n) is 3.86. The van der Waals surface area contributed by atoms with Crippen molar-refractivity contribution < 1.29 is 4.74 Å². The summed E-state index contributed by atoms with van der Waals surface area (Å²) in [5.74, 6) is 0.811. The molecule has 1 aliphatic heterocycles. The molecule has 76 valence electrons. The molecule has 1 aliphatic carbocycles. The summed E-state index contributed by atoms with van der Waals surface area (Å²) >= 11 is 0. The zero-order valence-electron chi connectivity index (χ0n) is 8.88. The summed E-state index contributed by atoms with van der Waals surface area (Å²) in [5.41, 5.74) is 0.657. The van der Waals surface area contributed by atoms with Crippen LogP contribution in [-0.4, -0.2) is 38.3 Å². The Balaban J connectivity index is 1.92. The highest BCUT2D eigenvalue weighted by molar-refractivity contribution is 5.00. The van der Waals surface area contributed by atoms with E-state index < -0.39 is 0 Å². The van der Waals surface area contributed by atoms with E-state index in [9.17, 15) is 0 Å². The van der Waals surface area contributed by atoms with Crippen LogP contribution in [0.4, 0.5) is 0 Å². The third kappa shape index (κ3) is 1.62. The third-order valence-corrected chi connectivity index (χ3v) is 3.86. The van der Waals surface area contributed by atoms with Gasteiger partial charge in [0.15, 0.2) is 0 Å². The molecule has 0 aromatic heterocycles. The van der Waals surface area contributed by atoms with Gasteiger partial charge in [-0.15, -0.1) is 0 Å². The summed E-state index contributed by atoms with van der Waals surface area (Å²) in [5, 5.41) is 0. The molecule has 2 rings (SSSR count). The van der Waals surface area contributed by atoms with Gasteiger partial charge in [0.05, 0.1) is 6.61 Å². The van der Waals surface area contributed by atoms with Crippen molar-refractivity contribution in [3.8, 4) is 0 Å². The number of rotatable bonds is 3. The quantitative estimate of drug-likeness (QED) is 0.661. The molecule has 1 unspecified atom stereocenters.